The third-order valence-electron chi connectivity index (χ3n) is 1.74. The van der Waals surface area contributed by atoms with Crippen LogP contribution in [0.4, 0.5) is 0 Å². The Bertz CT molecular complexity index is 92.1. The number of rotatable bonds is 2. The van der Waals surface area contributed by atoms with E-state index in [4.69, 9.17) is 4.74 Å². The molecule has 0 amide bonds. The van der Waals surface area contributed by atoms with Crippen molar-refractivity contribution in [3.05, 3.63) is 0 Å². The van der Waals surface area contributed by atoms with Gasteiger partial charge in [-0.3, -0.25) is 0 Å². The lowest BCUT2D eigenvalue weighted by Crippen LogP contribution is -2.39. The summed E-state index contributed by atoms with van der Waals surface area (Å²) >= 11 is 0. The van der Waals surface area contributed by atoms with E-state index in [1.54, 1.807) is 0 Å². The highest BCUT2D eigenvalue weighted by Crippen LogP contribution is 2.08. The number of morpholine rings is 1. The molecular weight excluding hydrogens is 162 g/mol. The van der Waals surface area contributed by atoms with Gasteiger partial charge in [0.15, 0.2) is 0 Å². The molecule has 68 valence electrons. The van der Waals surface area contributed by atoms with Gasteiger partial charge in [-0.25, -0.2) is 0 Å². The molecule has 1 fully saturated rings. The molecule has 0 saturated carbocycles. The summed E-state index contributed by atoms with van der Waals surface area (Å²) in [7, 11) is 0. The van der Waals surface area contributed by atoms with Gasteiger partial charge in [0, 0.05) is 13.1 Å². The van der Waals surface area contributed by atoms with E-state index in [1.165, 1.54) is 6.42 Å². The molecule has 2 nitrogen and oxygen atoms in total. The van der Waals surface area contributed by atoms with E-state index in [2.05, 4.69) is 19.2 Å². The van der Waals surface area contributed by atoms with Crippen LogP contribution in [-0.4, -0.2) is 25.8 Å². The lowest BCUT2D eigenvalue weighted by molar-refractivity contribution is 0.0163. The van der Waals surface area contributed by atoms with Crippen LogP contribution in [0.3, 0.4) is 0 Å². The molecule has 0 aromatic carbocycles. The van der Waals surface area contributed by atoms with Gasteiger partial charge in [0.2, 0.25) is 0 Å². The van der Waals surface area contributed by atoms with Gasteiger partial charge in [0.05, 0.1) is 12.7 Å². The van der Waals surface area contributed by atoms with Gasteiger partial charge < -0.3 is 10.1 Å². The van der Waals surface area contributed by atoms with Crippen LogP contribution in [0.1, 0.15) is 20.3 Å². The summed E-state index contributed by atoms with van der Waals surface area (Å²) in [5, 5.41) is 3.32. The Kier molecular flexibility index (Phi) is 5.92. The summed E-state index contributed by atoms with van der Waals surface area (Å²) in [6, 6.07) is 0. The van der Waals surface area contributed by atoms with Crippen molar-refractivity contribution in [3.8, 4) is 0 Å². The van der Waals surface area contributed by atoms with Crippen molar-refractivity contribution in [3.63, 3.8) is 0 Å². The zero-order chi connectivity index (χ0) is 7.40. The second-order valence-corrected chi connectivity index (χ2v) is 3.33. The molecule has 0 radical (unpaired) electrons. The Balaban J connectivity index is 0.000001000. The SMILES string of the molecule is CC(C)C[C@H]1CNCCO1.Cl. The zero-order valence-corrected chi connectivity index (χ0v) is 8.12. The third-order valence-corrected chi connectivity index (χ3v) is 1.74. The first-order chi connectivity index (χ1) is 4.79. The Morgan fingerprint density at radius 2 is 2.27 bits per heavy atom. The van der Waals surface area contributed by atoms with Crippen LogP contribution in [0.15, 0.2) is 0 Å². The van der Waals surface area contributed by atoms with Crippen LogP contribution in [0.2, 0.25) is 0 Å². The quantitative estimate of drug-likeness (QED) is 0.693. The van der Waals surface area contributed by atoms with Gasteiger partial charge in [0.25, 0.3) is 0 Å². The van der Waals surface area contributed by atoms with E-state index >= 15 is 0 Å². The molecule has 1 saturated heterocycles. The Labute approximate surface area is 75.1 Å². The standard InChI is InChI=1S/C8H17NO.ClH/c1-7(2)5-8-6-9-3-4-10-8;/h7-9H,3-6H2,1-2H3;1H/t8-;/m0./s1. The predicted octanol–water partition coefficient (Wildman–Crippen LogP) is 1.44. The van der Waals surface area contributed by atoms with Crippen LogP contribution in [0.25, 0.3) is 0 Å². The molecule has 0 aromatic rings. The van der Waals surface area contributed by atoms with Crippen LogP contribution < -0.4 is 5.32 Å². The number of hydrogen-bond acceptors (Lipinski definition) is 2. The average molecular weight is 180 g/mol. The fourth-order valence-electron chi connectivity index (χ4n) is 1.30. The molecule has 1 rings (SSSR count). The predicted molar refractivity (Wildman–Crippen MR) is 49.3 cm³/mol. The molecule has 1 heterocycles. The van der Waals surface area contributed by atoms with Crippen LogP contribution in [-0.2, 0) is 4.74 Å². The molecule has 0 unspecified atom stereocenters. The highest BCUT2D eigenvalue weighted by Gasteiger charge is 2.13. The lowest BCUT2D eigenvalue weighted by atomic mass is 10.1. The summed E-state index contributed by atoms with van der Waals surface area (Å²) in [4.78, 5) is 0. The van der Waals surface area contributed by atoms with Crippen molar-refractivity contribution in [2.45, 2.75) is 26.4 Å². The maximum absolute atomic E-state index is 5.53. The topological polar surface area (TPSA) is 21.3 Å². The highest BCUT2D eigenvalue weighted by atomic mass is 35.5. The molecule has 0 aromatic heterocycles. The minimum Gasteiger partial charge on any atom is -0.376 e. The molecule has 3 heteroatoms. The summed E-state index contributed by atoms with van der Waals surface area (Å²) in [5.41, 5.74) is 0. The van der Waals surface area contributed by atoms with Crippen LogP contribution in [0, 0.1) is 5.92 Å². The van der Waals surface area contributed by atoms with E-state index in [9.17, 15) is 0 Å². The highest BCUT2D eigenvalue weighted by molar-refractivity contribution is 5.85. The van der Waals surface area contributed by atoms with E-state index < -0.39 is 0 Å². The van der Waals surface area contributed by atoms with Crippen molar-refractivity contribution < 1.29 is 4.74 Å². The number of nitrogens with one attached hydrogen (secondary N) is 1. The zero-order valence-electron chi connectivity index (χ0n) is 7.30. The van der Waals surface area contributed by atoms with E-state index in [0.717, 1.165) is 25.6 Å². The summed E-state index contributed by atoms with van der Waals surface area (Å²) in [6.07, 6.45) is 1.65. The first-order valence-corrected chi connectivity index (χ1v) is 4.11. The van der Waals surface area contributed by atoms with Gasteiger partial charge >= 0.3 is 0 Å². The number of ether oxygens (including phenoxy) is 1. The second kappa shape index (κ2) is 5.81. The van der Waals surface area contributed by atoms with Crippen molar-refractivity contribution in [1.82, 2.24) is 5.32 Å². The first kappa shape index (κ1) is 11.2. The monoisotopic (exact) mass is 179 g/mol. The van der Waals surface area contributed by atoms with Crippen molar-refractivity contribution >= 4 is 12.4 Å². The van der Waals surface area contributed by atoms with Gasteiger partial charge in [-0.05, 0) is 12.3 Å². The fraction of sp³-hybridized carbons (Fsp3) is 1.00. The summed E-state index contributed by atoms with van der Waals surface area (Å²) < 4.78 is 5.53. The maximum Gasteiger partial charge on any atom is 0.0702 e. The molecule has 0 spiro atoms. The van der Waals surface area contributed by atoms with Crippen LogP contribution in [0.5, 0.6) is 0 Å². The lowest BCUT2D eigenvalue weighted by Gasteiger charge is -2.24. The van der Waals surface area contributed by atoms with E-state index in [-0.39, 0.29) is 12.4 Å². The molecule has 1 atom stereocenters. The minimum atomic E-state index is 0. The maximum atomic E-state index is 5.53. The normalized spacial score (nSPS) is 24.8. The molecular formula is C8H18ClNO. The largest absolute Gasteiger partial charge is 0.376 e. The Morgan fingerprint density at radius 1 is 1.55 bits per heavy atom. The van der Waals surface area contributed by atoms with E-state index in [1.807, 2.05) is 0 Å². The molecule has 1 aliphatic heterocycles. The smallest absolute Gasteiger partial charge is 0.0702 e. The van der Waals surface area contributed by atoms with E-state index in [0.29, 0.717) is 6.10 Å². The molecule has 11 heavy (non-hydrogen) atoms. The Morgan fingerprint density at radius 3 is 2.73 bits per heavy atom. The Hall–Kier alpha value is 0.210. The fourth-order valence-corrected chi connectivity index (χ4v) is 1.30. The van der Waals surface area contributed by atoms with Gasteiger partial charge in [-0.1, -0.05) is 13.8 Å². The summed E-state index contributed by atoms with van der Waals surface area (Å²) in [6.45, 7) is 7.42. The van der Waals surface area contributed by atoms with Crippen molar-refractivity contribution in [2.75, 3.05) is 19.7 Å². The minimum absolute atomic E-state index is 0. The second-order valence-electron chi connectivity index (χ2n) is 3.33. The molecule has 0 aliphatic carbocycles. The number of hydrogen-bond donors (Lipinski definition) is 1. The average Bonchev–Trinajstić information content (AvgIpc) is 1.88. The molecule has 1 aliphatic rings. The molecule has 0 bridgehead atoms. The van der Waals surface area contributed by atoms with Gasteiger partial charge in [0.1, 0.15) is 0 Å². The summed E-state index contributed by atoms with van der Waals surface area (Å²) in [5.74, 6) is 0.755. The van der Waals surface area contributed by atoms with Crippen molar-refractivity contribution in [1.29, 1.82) is 0 Å². The van der Waals surface area contributed by atoms with Crippen LogP contribution >= 0.6 is 12.4 Å². The van der Waals surface area contributed by atoms with Gasteiger partial charge in [-0.15, -0.1) is 12.4 Å². The van der Waals surface area contributed by atoms with Crippen molar-refractivity contribution in [2.24, 2.45) is 5.92 Å². The van der Waals surface area contributed by atoms with Gasteiger partial charge in [-0.2, -0.15) is 0 Å². The first-order valence-electron chi connectivity index (χ1n) is 4.11. The number of halogens is 1. The third kappa shape index (κ3) is 4.62. The molecule has 1 N–H and O–H groups in total.